The summed E-state index contributed by atoms with van der Waals surface area (Å²) in [5.41, 5.74) is 0.760. The Morgan fingerprint density at radius 1 is 1.23 bits per heavy atom. The summed E-state index contributed by atoms with van der Waals surface area (Å²) in [5, 5.41) is 8.79. The summed E-state index contributed by atoms with van der Waals surface area (Å²) in [4.78, 5) is 23.6. The smallest absolute Gasteiger partial charge is 0.332 e. The highest BCUT2D eigenvalue weighted by atomic mass is 16.4. The van der Waals surface area contributed by atoms with Crippen molar-refractivity contribution in [2.75, 3.05) is 14.1 Å². The summed E-state index contributed by atoms with van der Waals surface area (Å²) in [5.74, 6) is -1.13. The van der Waals surface area contributed by atoms with Gasteiger partial charge >= 0.3 is 5.97 Å². The molecule has 0 heterocycles. The number of carbonyl (C=O) groups is 2. The molecule has 0 saturated carbocycles. The molecule has 0 bridgehead atoms. The minimum absolute atomic E-state index is 0.171. The zero-order valence-electron chi connectivity index (χ0n) is 7.83. The van der Waals surface area contributed by atoms with Crippen LogP contribution in [0.15, 0.2) is 11.1 Å². The molecule has 13 heavy (non-hydrogen) atoms. The van der Waals surface area contributed by atoms with Crippen molar-refractivity contribution in [3.63, 3.8) is 0 Å². The first kappa shape index (κ1) is 9.77. The van der Waals surface area contributed by atoms with Crippen LogP contribution in [-0.4, -0.2) is 36.0 Å². The molecule has 4 heteroatoms. The van der Waals surface area contributed by atoms with E-state index in [1.807, 2.05) is 0 Å². The monoisotopic (exact) mass is 183 g/mol. The molecular weight excluding hydrogens is 170 g/mol. The summed E-state index contributed by atoms with van der Waals surface area (Å²) in [7, 11) is 3.26. The lowest BCUT2D eigenvalue weighted by Crippen LogP contribution is -2.24. The molecular formula is C9H13NO3. The third-order valence-electron chi connectivity index (χ3n) is 2.14. The minimum atomic E-state index is -0.956. The van der Waals surface area contributed by atoms with Gasteiger partial charge in [0.1, 0.15) is 0 Å². The van der Waals surface area contributed by atoms with E-state index in [1.54, 1.807) is 14.1 Å². The highest BCUT2D eigenvalue weighted by molar-refractivity contribution is 6.02. The van der Waals surface area contributed by atoms with E-state index >= 15 is 0 Å². The molecule has 0 atom stereocenters. The number of amides is 1. The van der Waals surface area contributed by atoms with Gasteiger partial charge in [0.2, 0.25) is 5.91 Å². The molecule has 0 aliphatic heterocycles. The van der Waals surface area contributed by atoms with E-state index in [0.717, 1.165) is 6.42 Å². The van der Waals surface area contributed by atoms with Gasteiger partial charge in [-0.2, -0.15) is 0 Å². The first-order valence-corrected chi connectivity index (χ1v) is 4.21. The highest BCUT2D eigenvalue weighted by Gasteiger charge is 2.25. The van der Waals surface area contributed by atoms with E-state index in [0.29, 0.717) is 24.0 Å². The van der Waals surface area contributed by atoms with Crippen molar-refractivity contribution in [3.8, 4) is 0 Å². The van der Waals surface area contributed by atoms with Crippen molar-refractivity contribution >= 4 is 11.9 Å². The first-order chi connectivity index (χ1) is 6.04. The van der Waals surface area contributed by atoms with Gasteiger partial charge in [0, 0.05) is 25.2 Å². The van der Waals surface area contributed by atoms with E-state index in [1.165, 1.54) is 4.90 Å². The Hall–Kier alpha value is -1.32. The first-order valence-electron chi connectivity index (χ1n) is 4.21. The van der Waals surface area contributed by atoms with Gasteiger partial charge in [0.15, 0.2) is 0 Å². The third kappa shape index (κ3) is 1.88. The zero-order chi connectivity index (χ0) is 10.0. The number of nitrogens with zero attached hydrogens (tertiary/aromatic N) is 1. The fourth-order valence-electron chi connectivity index (χ4n) is 1.49. The summed E-state index contributed by atoms with van der Waals surface area (Å²) in [6, 6.07) is 0. The van der Waals surface area contributed by atoms with Gasteiger partial charge in [-0.15, -0.1) is 0 Å². The molecule has 0 spiro atoms. The Morgan fingerprint density at radius 2 is 1.77 bits per heavy atom. The van der Waals surface area contributed by atoms with E-state index in [-0.39, 0.29) is 5.91 Å². The molecule has 0 fully saturated rings. The van der Waals surface area contributed by atoms with Gasteiger partial charge in [0.25, 0.3) is 0 Å². The predicted molar refractivity (Wildman–Crippen MR) is 47.2 cm³/mol. The van der Waals surface area contributed by atoms with Gasteiger partial charge < -0.3 is 10.0 Å². The number of rotatable bonds is 2. The SMILES string of the molecule is CN(C)C(=O)C1=C(C(=O)O)CCC1. The molecule has 0 saturated heterocycles. The molecule has 0 aromatic heterocycles. The van der Waals surface area contributed by atoms with Gasteiger partial charge in [0.05, 0.1) is 0 Å². The normalized spacial score (nSPS) is 16.2. The third-order valence-corrected chi connectivity index (χ3v) is 2.14. The molecule has 0 aromatic rings. The number of carboxylic acids is 1. The van der Waals surface area contributed by atoms with Crippen molar-refractivity contribution in [3.05, 3.63) is 11.1 Å². The van der Waals surface area contributed by atoms with Crippen LogP contribution >= 0.6 is 0 Å². The average Bonchev–Trinajstić information content (AvgIpc) is 2.50. The number of aliphatic carboxylic acids is 1. The molecule has 0 aromatic carbocycles. The Morgan fingerprint density at radius 3 is 2.23 bits per heavy atom. The van der Waals surface area contributed by atoms with Crippen LogP contribution in [0.5, 0.6) is 0 Å². The van der Waals surface area contributed by atoms with Crippen molar-refractivity contribution in [2.24, 2.45) is 0 Å². The summed E-state index contributed by atoms with van der Waals surface area (Å²) in [6.45, 7) is 0. The van der Waals surface area contributed by atoms with E-state index < -0.39 is 5.97 Å². The van der Waals surface area contributed by atoms with E-state index in [4.69, 9.17) is 5.11 Å². The van der Waals surface area contributed by atoms with Crippen molar-refractivity contribution < 1.29 is 14.7 Å². The molecule has 1 aliphatic carbocycles. The molecule has 1 amide bonds. The topological polar surface area (TPSA) is 57.6 Å². The molecule has 1 rings (SSSR count). The second kappa shape index (κ2) is 3.60. The van der Waals surface area contributed by atoms with E-state index in [2.05, 4.69) is 0 Å². The molecule has 0 radical (unpaired) electrons. The van der Waals surface area contributed by atoms with Crippen molar-refractivity contribution in [2.45, 2.75) is 19.3 Å². The van der Waals surface area contributed by atoms with Crippen LogP contribution in [0.2, 0.25) is 0 Å². The largest absolute Gasteiger partial charge is 0.478 e. The predicted octanol–water partition coefficient (Wildman–Crippen LogP) is 0.640. The fourth-order valence-corrected chi connectivity index (χ4v) is 1.49. The van der Waals surface area contributed by atoms with Gasteiger partial charge in [-0.1, -0.05) is 0 Å². The summed E-state index contributed by atoms with van der Waals surface area (Å²) in [6.07, 6.45) is 1.89. The van der Waals surface area contributed by atoms with Crippen LogP contribution in [0.4, 0.5) is 0 Å². The van der Waals surface area contributed by atoms with E-state index in [9.17, 15) is 9.59 Å². The Bertz CT molecular complexity index is 279. The van der Waals surface area contributed by atoms with Crippen molar-refractivity contribution in [1.29, 1.82) is 0 Å². The Kier molecular flexibility index (Phi) is 2.70. The zero-order valence-corrected chi connectivity index (χ0v) is 7.83. The van der Waals surface area contributed by atoms with Crippen LogP contribution in [0, 0.1) is 0 Å². The van der Waals surface area contributed by atoms with Crippen molar-refractivity contribution in [1.82, 2.24) is 4.90 Å². The maximum absolute atomic E-state index is 11.5. The summed E-state index contributed by atoms with van der Waals surface area (Å²) < 4.78 is 0. The Balaban J connectivity index is 2.94. The molecule has 1 N–H and O–H groups in total. The number of hydrogen-bond acceptors (Lipinski definition) is 2. The average molecular weight is 183 g/mol. The van der Waals surface area contributed by atoms with Crippen LogP contribution < -0.4 is 0 Å². The van der Waals surface area contributed by atoms with Gasteiger partial charge in [-0.05, 0) is 19.3 Å². The number of likely N-dealkylation sites (N-methyl/N-ethyl adjacent to an activating group) is 1. The number of carboxylic acid groups (broad SMARTS) is 1. The molecule has 72 valence electrons. The molecule has 4 nitrogen and oxygen atoms in total. The Labute approximate surface area is 76.8 Å². The fraction of sp³-hybridized carbons (Fsp3) is 0.556. The molecule has 1 aliphatic rings. The summed E-state index contributed by atoms with van der Waals surface area (Å²) >= 11 is 0. The van der Waals surface area contributed by atoms with Gasteiger partial charge in [-0.3, -0.25) is 4.79 Å². The van der Waals surface area contributed by atoms with Crippen LogP contribution in [0.25, 0.3) is 0 Å². The number of carbonyl (C=O) groups excluding carboxylic acids is 1. The number of hydrogen-bond donors (Lipinski definition) is 1. The standard InChI is InChI=1S/C9H13NO3/c1-10(2)8(11)6-4-3-5-7(6)9(12)13/h3-5H2,1-2H3,(H,12,13). The lowest BCUT2D eigenvalue weighted by atomic mass is 10.1. The highest BCUT2D eigenvalue weighted by Crippen LogP contribution is 2.26. The minimum Gasteiger partial charge on any atom is -0.478 e. The maximum Gasteiger partial charge on any atom is 0.332 e. The van der Waals surface area contributed by atoms with Crippen LogP contribution in [0.1, 0.15) is 19.3 Å². The lowest BCUT2D eigenvalue weighted by molar-refractivity contribution is -0.133. The second-order valence-electron chi connectivity index (χ2n) is 3.32. The van der Waals surface area contributed by atoms with Gasteiger partial charge in [-0.25, -0.2) is 4.79 Å². The second-order valence-corrected chi connectivity index (χ2v) is 3.32. The lowest BCUT2D eigenvalue weighted by Gasteiger charge is -2.11. The molecule has 0 unspecified atom stereocenters. The van der Waals surface area contributed by atoms with Crippen LogP contribution in [-0.2, 0) is 9.59 Å². The van der Waals surface area contributed by atoms with Crippen LogP contribution in [0.3, 0.4) is 0 Å². The maximum atomic E-state index is 11.5. The quantitative estimate of drug-likeness (QED) is 0.683.